The van der Waals surface area contributed by atoms with E-state index >= 15 is 0 Å². The van der Waals surface area contributed by atoms with Gasteiger partial charge in [-0.05, 0) is 103 Å². The van der Waals surface area contributed by atoms with E-state index < -0.39 is 6.10 Å². The van der Waals surface area contributed by atoms with Crippen LogP contribution in [0.5, 0.6) is 0 Å². The molecule has 0 saturated heterocycles. The smallest absolute Gasteiger partial charge is 0.306 e. The van der Waals surface area contributed by atoms with E-state index in [9.17, 15) is 14.4 Å². The first-order chi connectivity index (χ1) is 38.0. The van der Waals surface area contributed by atoms with E-state index in [0.29, 0.717) is 19.3 Å². The van der Waals surface area contributed by atoms with Gasteiger partial charge in [-0.15, -0.1) is 0 Å². The minimum Gasteiger partial charge on any atom is -0.462 e. The van der Waals surface area contributed by atoms with E-state index in [1.54, 1.807) is 0 Å². The Morgan fingerprint density at radius 2 is 0.506 bits per heavy atom. The third kappa shape index (κ3) is 63.0. The van der Waals surface area contributed by atoms with Crippen molar-refractivity contribution >= 4 is 17.9 Å². The molecule has 0 bridgehead atoms. The Hall–Kier alpha value is -3.67. The Balaban J connectivity index is 4.04. The summed E-state index contributed by atoms with van der Waals surface area (Å²) in [5.74, 6) is -0.891. The molecule has 0 aromatic rings. The van der Waals surface area contributed by atoms with Crippen LogP contribution in [0.25, 0.3) is 0 Å². The number of allylic oxidation sites excluding steroid dienone is 16. The summed E-state index contributed by atoms with van der Waals surface area (Å²) < 4.78 is 16.8. The Morgan fingerprint density at radius 3 is 0.792 bits per heavy atom. The molecule has 0 heterocycles. The van der Waals surface area contributed by atoms with Gasteiger partial charge >= 0.3 is 17.9 Å². The van der Waals surface area contributed by atoms with Gasteiger partial charge in [-0.3, -0.25) is 14.4 Å². The molecule has 1 atom stereocenters. The van der Waals surface area contributed by atoms with Crippen molar-refractivity contribution in [1.29, 1.82) is 0 Å². The van der Waals surface area contributed by atoms with Crippen LogP contribution in [0.4, 0.5) is 0 Å². The van der Waals surface area contributed by atoms with E-state index in [4.69, 9.17) is 14.2 Å². The second-order valence-electron chi connectivity index (χ2n) is 21.6. The molecule has 1 unspecified atom stereocenters. The molecule has 442 valence electrons. The maximum atomic E-state index is 12.8. The first kappa shape index (κ1) is 73.3. The van der Waals surface area contributed by atoms with Gasteiger partial charge in [0.2, 0.25) is 0 Å². The molecule has 0 amide bonds. The molecule has 0 aromatic heterocycles. The second kappa shape index (κ2) is 64.9. The highest BCUT2D eigenvalue weighted by Crippen LogP contribution is 2.16. The minimum absolute atomic E-state index is 0.0788. The van der Waals surface area contributed by atoms with Gasteiger partial charge in [0, 0.05) is 19.3 Å². The maximum Gasteiger partial charge on any atom is 0.306 e. The average molecular weight is 1070 g/mol. The van der Waals surface area contributed by atoms with Gasteiger partial charge in [0.1, 0.15) is 13.2 Å². The molecule has 6 heteroatoms. The first-order valence-electron chi connectivity index (χ1n) is 32.7. The zero-order chi connectivity index (χ0) is 55.7. The quantitative estimate of drug-likeness (QED) is 0.0261. The molecule has 0 rings (SSSR count). The van der Waals surface area contributed by atoms with Crippen LogP contribution in [0.1, 0.15) is 316 Å². The van der Waals surface area contributed by atoms with Gasteiger partial charge in [-0.1, -0.05) is 291 Å². The van der Waals surface area contributed by atoms with Crippen LogP contribution >= 0.6 is 0 Å². The number of unbranched alkanes of at least 4 members (excludes halogenated alkanes) is 32. The van der Waals surface area contributed by atoms with Crippen molar-refractivity contribution in [1.82, 2.24) is 0 Å². The number of carbonyl (C=O) groups is 3. The molecule has 77 heavy (non-hydrogen) atoms. The second-order valence-corrected chi connectivity index (χ2v) is 21.6. The van der Waals surface area contributed by atoms with Crippen LogP contribution < -0.4 is 0 Å². The summed E-state index contributed by atoms with van der Waals surface area (Å²) >= 11 is 0. The fraction of sp³-hybridized carbons (Fsp3) is 0.732. The Kier molecular flexibility index (Phi) is 61.8. The number of ether oxygens (including phenoxy) is 3. The molecule has 0 spiro atoms. The van der Waals surface area contributed by atoms with E-state index in [0.717, 1.165) is 116 Å². The van der Waals surface area contributed by atoms with Crippen LogP contribution in [0.3, 0.4) is 0 Å². The predicted octanol–water partition coefficient (Wildman–Crippen LogP) is 22.4. The van der Waals surface area contributed by atoms with Crippen LogP contribution in [-0.4, -0.2) is 37.2 Å². The van der Waals surface area contributed by atoms with Crippen molar-refractivity contribution in [3.05, 3.63) is 97.2 Å². The fourth-order valence-corrected chi connectivity index (χ4v) is 9.18. The number of hydrogen-bond acceptors (Lipinski definition) is 6. The van der Waals surface area contributed by atoms with E-state index in [2.05, 4.69) is 118 Å². The van der Waals surface area contributed by atoms with E-state index in [1.807, 2.05) is 0 Å². The highest BCUT2D eigenvalue weighted by atomic mass is 16.6. The lowest BCUT2D eigenvalue weighted by Crippen LogP contribution is -2.30. The molecular formula is C71H122O6. The van der Waals surface area contributed by atoms with E-state index in [-0.39, 0.29) is 31.1 Å². The Labute approximate surface area is 477 Å². The summed E-state index contributed by atoms with van der Waals surface area (Å²) in [5.41, 5.74) is 0. The Bertz CT molecular complexity index is 1510. The largest absolute Gasteiger partial charge is 0.462 e. The number of carbonyl (C=O) groups excluding carboxylic acids is 3. The summed E-state index contributed by atoms with van der Waals surface area (Å²) in [6.45, 7) is 6.45. The van der Waals surface area contributed by atoms with Crippen molar-refractivity contribution in [3.63, 3.8) is 0 Å². The standard InChI is InChI=1S/C71H122O6/c1-4-7-10-13-15-17-19-21-23-25-27-29-31-33-34-35-36-38-39-41-43-45-47-49-51-53-55-58-61-64-70(73)76-67-68(66-75-69(72)63-60-57-12-9-6-3)77-71(74)65-62-59-56-54-52-50-48-46-44-42-40-37-32-30-28-26-24-22-20-18-16-14-11-8-5-2/h8,11,16,18-19,21-22,24-25,27-28,30-31,33,37,40,68H,4-7,9-10,12-15,17,20,23,26,29,32,34-36,38-39,41-67H2,1-3H3/b11-8-,18-16-,21-19-,24-22-,27-25-,30-28-,33-31-,40-37-. The third-order valence-corrected chi connectivity index (χ3v) is 14.1. The molecule has 0 N–H and O–H groups in total. The number of esters is 3. The Morgan fingerprint density at radius 1 is 0.273 bits per heavy atom. The first-order valence-corrected chi connectivity index (χ1v) is 32.7. The summed E-state index contributed by atoms with van der Waals surface area (Å²) in [6.07, 6.45) is 87.5. The predicted molar refractivity (Wildman–Crippen MR) is 334 cm³/mol. The average Bonchev–Trinajstić information content (AvgIpc) is 3.43. The molecule has 0 radical (unpaired) electrons. The molecule has 0 aliphatic rings. The monoisotopic (exact) mass is 1070 g/mol. The van der Waals surface area contributed by atoms with Crippen LogP contribution in [0, 0.1) is 0 Å². The topological polar surface area (TPSA) is 78.9 Å². The molecule has 0 aromatic carbocycles. The zero-order valence-electron chi connectivity index (χ0n) is 50.7. The van der Waals surface area contributed by atoms with Gasteiger partial charge in [0.25, 0.3) is 0 Å². The summed E-state index contributed by atoms with van der Waals surface area (Å²) in [6, 6.07) is 0. The van der Waals surface area contributed by atoms with E-state index in [1.165, 1.54) is 161 Å². The van der Waals surface area contributed by atoms with Crippen molar-refractivity contribution in [2.24, 2.45) is 0 Å². The van der Waals surface area contributed by atoms with Crippen molar-refractivity contribution in [2.75, 3.05) is 13.2 Å². The normalized spacial score (nSPS) is 12.7. The lowest BCUT2D eigenvalue weighted by atomic mass is 10.0. The summed E-state index contributed by atoms with van der Waals surface area (Å²) in [5, 5.41) is 0. The van der Waals surface area contributed by atoms with Crippen LogP contribution in [0.15, 0.2) is 97.2 Å². The van der Waals surface area contributed by atoms with Gasteiger partial charge < -0.3 is 14.2 Å². The van der Waals surface area contributed by atoms with Gasteiger partial charge in [-0.25, -0.2) is 0 Å². The number of rotatable bonds is 59. The van der Waals surface area contributed by atoms with Gasteiger partial charge in [-0.2, -0.15) is 0 Å². The summed E-state index contributed by atoms with van der Waals surface area (Å²) in [4.78, 5) is 38.0. The van der Waals surface area contributed by atoms with Crippen molar-refractivity contribution < 1.29 is 28.6 Å². The lowest BCUT2D eigenvalue weighted by Gasteiger charge is -2.18. The van der Waals surface area contributed by atoms with Crippen LogP contribution in [0.2, 0.25) is 0 Å². The minimum atomic E-state index is -0.778. The SMILES string of the molecule is CC/C=C\C/C=C\C/C=C\C/C=C\C/C=C\CCCCCCCCCCCC(=O)OC(COC(=O)CCCCCCC)COC(=O)CCCCCCCCCCCCCCCC/C=C\C/C=C\C/C=C\CCCCCCC. The zero-order valence-corrected chi connectivity index (χ0v) is 50.7. The molecular weight excluding hydrogens is 949 g/mol. The maximum absolute atomic E-state index is 12.8. The van der Waals surface area contributed by atoms with Gasteiger partial charge in [0.05, 0.1) is 0 Å². The molecule has 0 fully saturated rings. The van der Waals surface area contributed by atoms with Crippen LogP contribution in [-0.2, 0) is 28.6 Å². The highest BCUT2D eigenvalue weighted by molar-refractivity contribution is 5.71. The van der Waals surface area contributed by atoms with Gasteiger partial charge in [0.15, 0.2) is 6.10 Å². The molecule has 0 aliphatic heterocycles. The van der Waals surface area contributed by atoms with Crippen molar-refractivity contribution in [2.45, 2.75) is 322 Å². The number of hydrogen-bond donors (Lipinski definition) is 0. The van der Waals surface area contributed by atoms with Crippen molar-refractivity contribution in [3.8, 4) is 0 Å². The molecule has 0 saturated carbocycles. The fourth-order valence-electron chi connectivity index (χ4n) is 9.18. The molecule has 0 aliphatic carbocycles. The molecule has 6 nitrogen and oxygen atoms in total. The lowest BCUT2D eigenvalue weighted by molar-refractivity contribution is -0.167. The highest BCUT2D eigenvalue weighted by Gasteiger charge is 2.19. The third-order valence-electron chi connectivity index (χ3n) is 14.1. The summed E-state index contributed by atoms with van der Waals surface area (Å²) in [7, 11) is 0.